The molecule has 1 aromatic carbocycles. The summed E-state index contributed by atoms with van der Waals surface area (Å²) in [6, 6.07) is 14.4. The maximum Gasteiger partial charge on any atom is 0.269 e. The summed E-state index contributed by atoms with van der Waals surface area (Å²) in [5.41, 5.74) is 0.875. The Bertz CT molecular complexity index is 1270. The highest BCUT2D eigenvalue weighted by molar-refractivity contribution is 6.01. The van der Waals surface area contributed by atoms with Crippen molar-refractivity contribution in [1.82, 2.24) is 14.7 Å². The summed E-state index contributed by atoms with van der Waals surface area (Å²) in [5.74, 6) is -0.0682. The van der Waals surface area contributed by atoms with Gasteiger partial charge in [-0.25, -0.2) is 0 Å². The maximum absolute atomic E-state index is 13.2. The summed E-state index contributed by atoms with van der Waals surface area (Å²) in [4.78, 5) is 30.3. The predicted octanol–water partition coefficient (Wildman–Crippen LogP) is 3.89. The van der Waals surface area contributed by atoms with Gasteiger partial charge in [0, 0.05) is 19.3 Å². The molecule has 0 radical (unpaired) electrons. The van der Waals surface area contributed by atoms with Gasteiger partial charge in [0.25, 0.3) is 11.5 Å². The highest BCUT2D eigenvalue weighted by Gasteiger charge is 2.17. The Morgan fingerprint density at radius 2 is 2.00 bits per heavy atom. The molecule has 0 aliphatic heterocycles. The summed E-state index contributed by atoms with van der Waals surface area (Å²) in [6.45, 7) is 6.75. The van der Waals surface area contributed by atoms with Crippen molar-refractivity contribution in [1.29, 1.82) is 5.26 Å². The number of nitriles is 1. The van der Waals surface area contributed by atoms with Crippen LogP contribution in [0.15, 0.2) is 59.0 Å². The minimum atomic E-state index is -0.581. The third kappa shape index (κ3) is 6.30. The summed E-state index contributed by atoms with van der Waals surface area (Å²) in [5, 5.41) is 12.3. The van der Waals surface area contributed by atoms with Gasteiger partial charge < -0.3 is 14.8 Å². The molecule has 1 amide bonds. The molecular formula is C26H28N4O4. The number of nitrogens with one attached hydrogen (secondary N) is 1. The van der Waals surface area contributed by atoms with Crippen LogP contribution in [0, 0.1) is 11.3 Å². The average molecular weight is 461 g/mol. The first-order valence-corrected chi connectivity index (χ1v) is 11.2. The van der Waals surface area contributed by atoms with Crippen molar-refractivity contribution in [3.63, 3.8) is 0 Å². The number of fused-ring (bicyclic) bond motifs is 1. The summed E-state index contributed by atoms with van der Waals surface area (Å²) >= 11 is 0. The average Bonchev–Trinajstić information content (AvgIpc) is 2.84. The number of hydrogen-bond acceptors (Lipinski definition) is 6. The number of amides is 1. The van der Waals surface area contributed by atoms with Gasteiger partial charge in [-0.1, -0.05) is 25.1 Å². The molecule has 2 heterocycles. The third-order valence-electron chi connectivity index (χ3n) is 4.99. The Kier molecular flexibility index (Phi) is 8.54. The Balaban J connectivity index is 1.93. The molecule has 8 heteroatoms. The highest BCUT2D eigenvalue weighted by Crippen LogP contribution is 2.24. The standard InChI is InChI=1S/C26H28N4O4/c1-4-19-9-11-21(12-10-19)34-25-22(26(32)30-14-6-5-8-23(30)29-25)16-20(17-27)24(31)28-13-7-15-33-18(2)3/h5-6,8-12,14,16,18H,4,7,13,15H2,1-3H3,(H,28,31)/b20-16+. The molecule has 0 saturated heterocycles. The highest BCUT2D eigenvalue weighted by atomic mass is 16.5. The molecule has 3 rings (SSSR count). The SMILES string of the molecule is CCc1ccc(Oc2nc3ccccn3c(=O)c2/C=C(\C#N)C(=O)NCCCOC(C)C)cc1. The van der Waals surface area contributed by atoms with Crippen LogP contribution in [-0.4, -0.2) is 34.5 Å². The Morgan fingerprint density at radius 1 is 1.24 bits per heavy atom. The topological polar surface area (TPSA) is 106 Å². The van der Waals surface area contributed by atoms with Crippen molar-refractivity contribution < 1.29 is 14.3 Å². The molecule has 0 unspecified atom stereocenters. The van der Waals surface area contributed by atoms with Crippen molar-refractivity contribution in [2.75, 3.05) is 13.2 Å². The van der Waals surface area contributed by atoms with Gasteiger partial charge in [0.2, 0.25) is 5.88 Å². The molecule has 176 valence electrons. The number of rotatable bonds is 10. The van der Waals surface area contributed by atoms with Crippen LogP contribution in [0.5, 0.6) is 11.6 Å². The van der Waals surface area contributed by atoms with Crippen molar-refractivity contribution >= 4 is 17.6 Å². The van der Waals surface area contributed by atoms with Gasteiger partial charge in [-0.15, -0.1) is 0 Å². The molecule has 0 saturated carbocycles. The van der Waals surface area contributed by atoms with E-state index in [9.17, 15) is 14.9 Å². The van der Waals surface area contributed by atoms with Crippen LogP contribution >= 0.6 is 0 Å². The number of carbonyl (C=O) groups excluding carboxylic acids is 1. The van der Waals surface area contributed by atoms with E-state index in [1.807, 2.05) is 32.0 Å². The molecule has 1 N–H and O–H groups in total. The van der Waals surface area contributed by atoms with E-state index < -0.39 is 11.5 Å². The van der Waals surface area contributed by atoms with E-state index in [4.69, 9.17) is 9.47 Å². The molecule has 0 spiro atoms. The van der Waals surface area contributed by atoms with Crippen LogP contribution in [0.1, 0.15) is 38.3 Å². The summed E-state index contributed by atoms with van der Waals surface area (Å²) in [6.07, 6.45) is 4.39. The third-order valence-corrected chi connectivity index (χ3v) is 4.99. The van der Waals surface area contributed by atoms with Gasteiger partial charge in [-0.2, -0.15) is 10.2 Å². The summed E-state index contributed by atoms with van der Waals surface area (Å²) in [7, 11) is 0. The number of aryl methyl sites for hydroxylation is 1. The fraction of sp³-hybridized carbons (Fsp3) is 0.308. The number of nitrogens with zero attached hydrogens (tertiary/aromatic N) is 3. The Labute approximate surface area is 198 Å². The first-order valence-electron chi connectivity index (χ1n) is 11.2. The lowest BCUT2D eigenvalue weighted by Crippen LogP contribution is -2.27. The molecule has 0 bridgehead atoms. The fourth-order valence-electron chi connectivity index (χ4n) is 3.17. The van der Waals surface area contributed by atoms with Gasteiger partial charge in [-0.3, -0.25) is 14.0 Å². The number of aromatic nitrogens is 2. The predicted molar refractivity (Wildman–Crippen MR) is 130 cm³/mol. The zero-order chi connectivity index (χ0) is 24.5. The van der Waals surface area contributed by atoms with E-state index in [0.29, 0.717) is 31.0 Å². The molecule has 0 fully saturated rings. The van der Waals surface area contributed by atoms with E-state index >= 15 is 0 Å². The molecule has 34 heavy (non-hydrogen) atoms. The fourth-order valence-corrected chi connectivity index (χ4v) is 3.17. The number of hydrogen-bond donors (Lipinski definition) is 1. The lowest BCUT2D eigenvalue weighted by atomic mass is 10.1. The molecule has 0 atom stereocenters. The quantitative estimate of drug-likeness (QED) is 0.280. The second-order valence-electron chi connectivity index (χ2n) is 7.86. The van der Waals surface area contributed by atoms with Crippen molar-refractivity contribution in [3.05, 3.63) is 75.7 Å². The van der Waals surface area contributed by atoms with E-state index in [1.165, 1.54) is 10.5 Å². The normalized spacial score (nSPS) is 11.4. The van der Waals surface area contributed by atoms with Crippen LogP contribution in [0.2, 0.25) is 0 Å². The van der Waals surface area contributed by atoms with E-state index in [2.05, 4.69) is 17.2 Å². The lowest BCUT2D eigenvalue weighted by Gasteiger charge is -2.11. The van der Waals surface area contributed by atoms with Crippen molar-refractivity contribution in [2.24, 2.45) is 0 Å². The molecule has 8 nitrogen and oxygen atoms in total. The van der Waals surface area contributed by atoms with Crippen LogP contribution in [0.3, 0.4) is 0 Å². The largest absolute Gasteiger partial charge is 0.438 e. The van der Waals surface area contributed by atoms with Gasteiger partial charge in [-0.05, 0) is 62.6 Å². The van der Waals surface area contributed by atoms with E-state index in [1.54, 1.807) is 36.5 Å². The Hall–Kier alpha value is -3.96. The monoisotopic (exact) mass is 460 g/mol. The van der Waals surface area contributed by atoms with Gasteiger partial charge in [0.15, 0.2) is 0 Å². The zero-order valence-electron chi connectivity index (χ0n) is 19.6. The van der Waals surface area contributed by atoms with E-state index in [0.717, 1.165) is 12.0 Å². The zero-order valence-corrected chi connectivity index (χ0v) is 19.6. The Morgan fingerprint density at radius 3 is 2.68 bits per heavy atom. The second kappa shape index (κ2) is 11.8. The first-order chi connectivity index (χ1) is 16.4. The second-order valence-corrected chi connectivity index (χ2v) is 7.86. The maximum atomic E-state index is 13.2. The van der Waals surface area contributed by atoms with E-state index in [-0.39, 0.29) is 23.1 Å². The van der Waals surface area contributed by atoms with Gasteiger partial charge >= 0.3 is 0 Å². The first kappa shape index (κ1) is 24.7. The van der Waals surface area contributed by atoms with Crippen LogP contribution < -0.4 is 15.6 Å². The van der Waals surface area contributed by atoms with Crippen molar-refractivity contribution in [2.45, 2.75) is 39.7 Å². The molecule has 2 aromatic heterocycles. The van der Waals surface area contributed by atoms with Crippen molar-refractivity contribution in [3.8, 4) is 17.7 Å². The molecule has 3 aromatic rings. The van der Waals surface area contributed by atoms with Crippen LogP contribution in [0.4, 0.5) is 0 Å². The molecular weight excluding hydrogens is 432 g/mol. The number of benzene rings is 1. The smallest absolute Gasteiger partial charge is 0.269 e. The number of ether oxygens (including phenoxy) is 2. The molecule has 0 aliphatic carbocycles. The number of carbonyl (C=O) groups is 1. The van der Waals surface area contributed by atoms with Gasteiger partial charge in [0.05, 0.1) is 6.10 Å². The summed E-state index contributed by atoms with van der Waals surface area (Å²) < 4.78 is 12.7. The minimum Gasteiger partial charge on any atom is -0.438 e. The lowest BCUT2D eigenvalue weighted by molar-refractivity contribution is -0.117. The number of pyridine rings is 1. The minimum absolute atomic E-state index is 0.0121. The molecule has 0 aliphatic rings. The van der Waals surface area contributed by atoms with Gasteiger partial charge in [0.1, 0.15) is 28.6 Å². The van der Waals surface area contributed by atoms with Crippen LogP contribution in [0.25, 0.3) is 11.7 Å². The van der Waals surface area contributed by atoms with Crippen LogP contribution in [-0.2, 0) is 16.0 Å².